The van der Waals surface area contributed by atoms with Crippen molar-refractivity contribution in [2.24, 2.45) is 0 Å². The van der Waals surface area contributed by atoms with E-state index in [0.29, 0.717) is 31.1 Å². The van der Waals surface area contributed by atoms with Gasteiger partial charge in [0, 0.05) is 18.0 Å². The normalized spacial score (nSPS) is 16.6. The van der Waals surface area contributed by atoms with Gasteiger partial charge in [0.2, 0.25) is 0 Å². The van der Waals surface area contributed by atoms with Gasteiger partial charge in [-0.1, -0.05) is 29.8 Å². The number of ether oxygens (including phenoxy) is 2. The van der Waals surface area contributed by atoms with Crippen LogP contribution in [-0.4, -0.2) is 42.6 Å². The molecule has 3 heterocycles. The highest BCUT2D eigenvalue weighted by molar-refractivity contribution is 7.10. The van der Waals surface area contributed by atoms with Gasteiger partial charge in [-0.25, -0.2) is 4.79 Å². The Balaban J connectivity index is 1.69. The molecule has 0 bridgehead atoms. The van der Waals surface area contributed by atoms with E-state index in [-0.39, 0.29) is 16.7 Å². The third kappa shape index (κ3) is 3.78. The molecule has 1 fully saturated rings. The van der Waals surface area contributed by atoms with Crippen LogP contribution in [0.25, 0.3) is 5.69 Å². The van der Waals surface area contributed by atoms with E-state index in [9.17, 15) is 9.59 Å². The van der Waals surface area contributed by atoms with Crippen molar-refractivity contribution < 1.29 is 14.3 Å². The van der Waals surface area contributed by atoms with Crippen molar-refractivity contribution in [2.75, 3.05) is 31.7 Å². The summed E-state index contributed by atoms with van der Waals surface area (Å²) in [5.41, 5.74) is 0.599. The van der Waals surface area contributed by atoms with Gasteiger partial charge in [0.05, 0.1) is 36.9 Å². The van der Waals surface area contributed by atoms with E-state index in [1.54, 1.807) is 41.8 Å². The number of esters is 1. The first-order chi connectivity index (χ1) is 14.1. The minimum absolute atomic E-state index is 0.0477. The number of para-hydroxylation sites is 1. The second-order valence-electron chi connectivity index (χ2n) is 6.39. The molecule has 1 atom stereocenters. The molecule has 0 aliphatic carbocycles. The summed E-state index contributed by atoms with van der Waals surface area (Å²) in [6.45, 7) is 1.70. The van der Waals surface area contributed by atoms with Crippen molar-refractivity contribution in [1.82, 2.24) is 9.78 Å². The van der Waals surface area contributed by atoms with Gasteiger partial charge in [0.25, 0.3) is 5.56 Å². The van der Waals surface area contributed by atoms with Crippen molar-refractivity contribution >= 4 is 34.6 Å². The lowest BCUT2D eigenvalue weighted by molar-refractivity contribution is 0.0421. The molecule has 0 saturated carbocycles. The summed E-state index contributed by atoms with van der Waals surface area (Å²) in [6, 6.07) is 10.6. The van der Waals surface area contributed by atoms with E-state index in [4.69, 9.17) is 21.1 Å². The third-order valence-electron chi connectivity index (χ3n) is 4.71. The lowest BCUT2D eigenvalue weighted by Gasteiger charge is -2.34. The number of aromatic nitrogens is 2. The zero-order chi connectivity index (χ0) is 20.4. The van der Waals surface area contributed by atoms with Gasteiger partial charge in [-0.2, -0.15) is 9.78 Å². The number of thiophene rings is 1. The lowest BCUT2D eigenvalue weighted by atomic mass is 10.2. The van der Waals surface area contributed by atoms with Crippen molar-refractivity contribution in [2.45, 2.75) is 6.10 Å². The topological polar surface area (TPSA) is 73.7 Å². The lowest BCUT2D eigenvalue weighted by Crippen LogP contribution is -2.39. The molecule has 1 saturated heterocycles. The Kier molecular flexibility index (Phi) is 5.66. The quantitative estimate of drug-likeness (QED) is 0.590. The monoisotopic (exact) mass is 431 g/mol. The van der Waals surface area contributed by atoms with Crippen molar-refractivity contribution in [3.05, 3.63) is 73.8 Å². The summed E-state index contributed by atoms with van der Waals surface area (Å²) < 4.78 is 11.8. The molecule has 0 amide bonds. The summed E-state index contributed by atoms with van der Waals surface area (Å²) in [4.78, 5) is 28.1. The Labute approximate surface area is 176 Å². The third-order valence-corrected chi connectivity index (χ3v) is 6.03. The van der Waals surface area contributed by atoms with Crippen LogP contribution in [0.1, 0.15) is 21.3 Å². The number of carbonyl (C=O) groups excluding carboxylic acids is 1. The number of methoxy groups -OCH3 is 1. The summed E-state index contributed by atoms with van der Waals surface area (Å²) in [7, 11) is 1.29. The number of anilines is 1. The first kappa shape index (κ1) is 19.6. The maximum Gasteiger partial charge on any atom is 0.340 e. The van der Waals surface area contributed by atoms with E-state index >= 15 is 0 Å². The molecule has 0 radical (unpaired) electrons. The average Bonchev–Trinajstić information content (AvgIpc) is 3.30. The summed E-state index contributed by atoms with van der Waals surface area (Å²) in [6.07, 6.45) is 1.47. The molecule has 29 heavy (non-hydrogen) atoms. The van der Waals surface area contributed by atoms with Crippen molar-refractivity contribution in [3.8, 4) is 5.69 Å². The molecule has 3 aromatic rings. The molecule has 0 N–H and O–H groups in total. The van der Waals surface area contributed by atoms with Crippen molar-refractivity contribution in [1.29, 1.82) is 0 Å². The Morgan fingerprint density at radius 1 is 1.28 bits per heavy atom. The smallest absolute Gasteiger partial charge is 0.340 e. The molecule has 9 heteroatoms. The molecular formula is C20H18ClN3O4S. The number of hydrogen-bond acceptors (Lipinski definition) is 7. The SMILES string of the molecule is COC(=O)c1ccccc1-n1ncc(N2CCOC(c3cccs3)C2)c(Cl)c1=O. The number of rotatable bonds is 4. The van der Waals surface area contributed by atoms with Crippen LogP contribution in [0.3, 0.4) is 0 Å². The fourth-order valence-corrected chi connectivity index (χ4v) is 4.29. The fraction of sp³-hybridized carbons (Fsp3) is 0.250. The van der Waals surface area contributed by atoms with Crippen LogP contribution in [0.15, 0.2) is 52.8 Å². The van der Waals surface area contributed by atoms with E-state index < -0.39 is 11.5 Å². The van der Waals surface area contributed by atoms with Gasteiger partial charge in [-0.3, -0.25) is 4.79 Å². The summed E-state index contributed by atoms with van der Waals surface area (Å²) in [5.74, 6) is -0.554. The molecule has 2 aromatic heterocycles. The molecule has 1 aliphatic rings. The Hall–Kier alpha value is -2.68. The summed E-state index contributed by atoms with van der Waals surface area (Å²) >= 11 is 8.08. The second-order valence-corrected chi connectivity index (χ2v) is 7.75. The molecular weight excluding hydrogens is 414 g/mol. The van der Waals surface area contributed by atoms with Gasteiger partial charge in [0.15, 0.2) is 0 Å². The minimum atomic E-state index is -0.554. The van der Waals surface area contributed by atoms with Gasteiger partial charge in [-0.05, 0) is 23.6 Å². The predicted molar refractivity (Wildman–Crippen MR) is 111 cm³/mol. The van der Waals surface area contributed by atoms with Crippen molar-refractivity contribution in [3.63, 3.8) is 0 Å². The Morgan fingerprint density at radius 3 is 2.86 bits per heavy atom. The van der Waals surface area contributed by atoms with E-state index in [1.807, 2.05) is 22.4 Å². The van der Waals surface area contributed by atoms with E-state index in [0.717, 1.165) is 9.56 Å². The molecule has 1 aromatic carbocycles. The van der Waals surface area contributed by atoms with Gasteiger partial charge in [-0.15, -0.1) is 11.3 Å². The highest BCUT2D eigenvalue weighted by atomic mass is 35.5. The molecule has 0 spiro atoms. The van der Waals surface area contributed by atoms with Crippen LogP contribution in [0, 0.1) is 0 Å². The minimum Gasteiger partial charge on any atom is -0.465 e. The van der Waals surface area contributed by atoms with E-state index in [1.165, 1.54) is 7.11 Å². The highest BCUT2D eigenvalue weighted by Gasteiger charge is 2.26. The number of nitrogens with zero attached hydrogens (tertiary/aromatic N) is 3. The van der Waals surface area contributed by atoms with Gasteiger partial charge in [0.1, 0.15) is 11.1 Å². The zero-order valence-electron chi connectivity index (χ0n) is 15.6. The van der Waals surface area contributed by atoms with Crippen LogP contribution in [0.4, 0.5) is 5.69 Å². The fourth-order valence-electron chi connectivity index (χ4n) is 3.27. The number of benzene rings is 1. The zero-order valence-corrected chi connectivity index (χ0v) is 17.2. The summed E-state index contributed by atoms with van der Waals surface area (Å²) in [5, 5.41) is 6.34. The van der Waals surface area contributed by atoms with E-state index in [2.05, 4.69) is 5.10 Å². The number of carbonyl (C=O) groups is 1. The van der Waals surface area contributed by atoms with Crippen LogP contribution in [0.5, 0.6) is 0 Å². The Morgan fingerprint density at radius 2 is 2.10 bits per heavy atom. The molecule has 7 nitrogen and oxygen atoms in total. The maximum atomic E-state index is 13.0. The number of halogens is 1. The molecule has 1 unspecified atom stereocenters. The van der Waals surface area contributed by atoms with Crippen LogP contribution < -0.4 is 10.5 Å². The van der Waals surface area contributed by atoms with Crippen LogP contribution in [0.2, 0.25) is 5.02 Å². The largest absolute Gasteiger partial charge is 0.465 e. The van der Waals surface area contributed by atoms with Gasteiger partial charge >= 0.3 is 5.97 Å². The molecule has 1 aliphatic heterocycles. The predicted octanol–water partition coefficient (Wildman–Crippen LogP) is 3.31. The van der Waals surface area contributed by atoms with Crippen LogP contribution >= 0.6 is 22.9 Å². The maximum absolute atomic E-state index is 13.0. The first-order valence-electron chi connectivity index (χ1n) is 8.95. The van der Waals surface area contributed by atoms with Crippen LogP contribution in [-0.2, 0) is 9.47 Å². The average molecular weight is 432 g/mol. The molecule has 4 rings (SSSR count). The van der Waals surface area contributed by atoms with Gasteiger partial charge < -0.3 is 14.4 Å². The molecule has 150 valence electrons. The highest BCUT2D eigenvalue weighted by Crippen LogP contribution is 2.31. The first-order valence-corrected chi connectivity index (χ1v) is 10.2. The number of morpholine rings is 1. The number of hydrogen-bond donors (Lipinski definition) is 0. The Bertz CT molecular complexity index is 1080. The second kappa shape index (κ2) is 8.36. The standard InChI is InChI=1S/C20H18ClN3O4S/c1-27-20(26)13-5-2-3-6-14(13)24-19(25)18(21)15(11-22-24)23-8-9-28-16(12-23)17-7-4-10-29-17/h2-7,10-11,16H,8-9,12H2,1H3.